The predicted octanol–water partition coefficient (Wildman–Crippen LogP) is 2.65. The lowest BCUT2D eigenvalue weighted by Gasteiger charge is -2.27. The highest BCUT2D eigenvalue weighted by atomic mass is 79.9. The Bertz CT molecular complexity index is 753. The summed E-state index contributed by atoms with van der Waals surface area (Å²) in [5.74, 6) is 0.906. The van der Waals surface area contributed by atoms with Gasteiger partial charge < -0.3 is 9.32 Å². The van der Waals surface area contributed by atoms with Gasteiger partial charge in [-0.2, -0.15) is 5.26 Å². The molecular formula is C14H13BrN4O2. The van der Waals surface area contributed by atoms with Crippen LogP contribution in [0.25, 0.3) is 11.5 Å². The second-order valence-electron chi connectivity index (χ2n) is 4.88. The number of furan rings is 1. The molecule has 6 nitrogen and oxygen atoms in total. The first-order chi connectivity index (χ1) is 10.2. The van der Waals surface area contributed by atoms with E-state index in [1.54, 1.807) is 12.1 Å². The van der Waals surface area contributed by atoms with Gasteiger partial charge in [0.2, 0.25) is 5.95 Å². The number of anilines is 1. The normalized spacial score (nSPS) is 15.0. The van der Waals surface area contributed by atoms with Crippen LogP contribution < -0.4 is 10.5 Å². The maximum absolute atomic E-state index is 12.1. The van der Waals surface area contributed by atoms with Gasteiger partial charge in [0.05, 0.1) is 0 Å². The Kier molecular flexibility index (Phi) is 3.80. The van der Waals surface area contributed by atoms with Crippen molar-refractivity contribution in [2.24, 2.45) is 0 Å². The lowest BCUT2D eigenvalue weighted by molar-refractivity contribution is 0.550. The summed E-state index contributed by atoms with van der Waals surface area (Å²) >= 11 is 3.22. The van der Waals surface area contributed by atoms with Crippen molar-refractivity contribution in [1.82, 2.24) is 9.97 Å². The van der Waals surface area contributed by atoms with Gasteiger partial charge in [0.25, 0.3) is 5.56 Å². The number of nitriles is 1. The van der Waals surface area contributed by atoms with Gasteiger partial charge in [-0.1, -0.05) is 0 Å². The average Bonchev–Trinajstić information content (AvgIpc) is 2.94. The van der Waals surface area contributed by atoms with Crippen LogP contribution in [0.15, 0.2) is 26.0 Å². The number of nitrogens with zero attached hydrogens (tertiary/aromatic N) is 3. The Balaban J connectivity index is 2.11. The Morgan fingerprint density at radius 1 is 1.33 bits per heavy atom. The van der Waals surface area contributed by atoms with Crippen molar-refractivity contribution in [1.29, 1.82) is 5.26 Å². The number of halogens is 1. The smallest absolute Gasteiger partial charge is 0.271 e. The second-order valence-corrected chi connectivity index (χ2v) is 5.66. The van der Waals surface area contributed by atoms with E-state index in [2.05, 4.69) is 25.9 Å². The number of aromatic nitrogens is 2. The molecule has 3 heterocycles. The molecule has 0 saturated carbocycles. The summed E-state index contributed by atoms with van der Waals surface area (Å²) < 4.78 is 5.97. The van der Waals surface area contributed by atoms with E-state index in [-0.39, 0.29) is 11.3 Å². The van der Waals surface area contributed by atoms with Crippen LogP contribution in [0, 0.1) is 11.3 Å². The fourth-order valence-corrected chi connectivity index (χ4v) is 2.75. The maximum atomic E-state index is 12.1. The van der Waals surface area contributed by atoms with Gasteiger partial charge in [-0.25, -0.2) is 4.98 Å². The monoisotopic (exact) mass is 348 g/mol. The molecule has 1 fully saturated rings. The van der Waals surface area contributed by atoms with Gasteiger partial charge in [0, 0.05) is 13.1 Å². The number of piperidine rings is 1. The van der Waals surface area contributed by atoms with E-state index in [0.29, 0.717) is 16.4 Å². The number of aromatic amines is 1. The zero-order valence-corrected chi connectivity index (χ0v) is 12.8. The molecule has 2 aromatic heterocycles. The predicted molar refractivity (Wildman–Crippen MR) is 81.0 cm³/mol. The highest BCUT2D eigenvalue weighted by Crippen LogP contribution is 2.26. The van der Waals surface area contributed by atoms with Crippen molar-refractivity contribution in [3.63, 3.8) is 0 Å². The summed E-state index contributed by atoms with van der Waals surface area (Å²) in [5.41, 5.74) is -0.180. The Hall–Kier alpha value is -2.07. The third-order valence-electron chi connectivity index (χ3n) is 3.48. The largest absolute Gasteiger partial charge is 0.448 e. The minimum absolute atomic E-state index is 0.0300. The van der Waals surface area contributed by atoms with Gasteiger partial charge in [-0.15, -0.1) is 0 Å². The molecule has 1 aliphatic rings. The minimum atomic E-state index is -0.435. The Morgan fingerprint density at radius 3 is 2.71 bits per heavy atom. The van der Waals surface area contributed by atoms with Crippen molar-refractivity contribution in [3.05, 3.63) is 32.7 Å². The Morgan fingerprint density at radius 2 is 2.10 bits per heavy atom. The summed E-state index contributed by atoms with van der Waals surface area (Å²) in [5, 5.41) is 9.19. The van der Waals surface area contributed by atoms with E-state index in [1.807, 2.05) is 11.0 Å². The van der Waals surface area contributed by atoms with Gasteiger partial charge >= 0.3 is 0 Å². The van der Waals surface area contributed by atoms with Crippen molar-refractivity contribution in [2.45, 2.75) is 19.3 Å². The number of rotatable bonds is 2. The number of hydrogen-bond donors (Lipinski definition) is 1. The zero-order chi connectivity index (χ0) is 14.8. The molecule has 0 unspecified atom stereocenters. The van der Waals surface area contributed by atoms with E-state index in [4.69, 9.17) is 4.42 Å². The van der Waals surface area contributed by atoms with Crippen molar-refractivity contribution >= 4 is 21.9 Å². The molecule has 0 aromatic carbocycles. The molecular weight excluding hydrogens is 336 g/mol. The topological polar surface area (TPSA) is 85.9 Å². The van der Waals surface area contributed by atoms with E-state index >= 15 is 0 Å². The SMILES string of the molecule is N#Cc1c(-c2ccc(Br)o2)nc(N2CCCCC2)[nH]c1=O. The van der Waals surface area contributed by atoms with E-state index < -0.39 is 5.56 Å². The summed E-state index contributed by atoms with van der Waals surface area (Å²) in [6, 6.07) is 5.30. The van der Waals surface area contributed by atoms with Crippen LogP contribution in [0.3, 0.4) is 0 Å². The number of H-pyrrole nitrogens is 1. The molecule has 1 N–H and O–H groups in total. The molecule has 2 aromatic rings. The molecule has 0 aliphatic carbocycles. The summed E-state index contributed by atoms with van der Waals surface area (Å²) in [7, 11) is 0. The van der Waals surface area contributed by atoms with Crippen LogP contribution in [0.4, 0.5) is 5.95 Å². The Labute approximate surface area is 129 Å². The van der Waals surface area contributed by atoms with Gasteiger partial charge in [-0.3, -0.25) is 9.78 Å². The molecule has 7 heteroatoms. The molecule has 1 aliphatic heterocycles. The number of hydrogen-bond acceptors (Lipinski definition) is 5. The summed E-state index contributed by atoms with van der Waals surface area (Å²) in [4.78, 5) is 21.3. The van der Waals surface area contributed by atoms with Gasteiger partial charge in [-0.05, 0) is 47.3 Å². The third-order valence-corrected chi connectivity index (χ3v) is 3.91. The molecule has 21 heavy (non-hydrogen) atoms. The van der Waals surface area contributed by atoms with Crippen molar-refractivity contribution in [3.8, 4) is 17.5 Å². The van der Waals surface area contributed by atoms with E-state index in [1.165, 1.54) is 6.42 Å². The second kappa shape index (κ2) is 5.74. The lowest BCUT2D eigenvalue weighted by atomic mass is 10.1. The summed E-state index contributed by atoms with van der Waals surface area (Å²) in [6.07, 6.45) is 3.34. The highest BCUT2D eigenvalue weighted by Gasteiger charge is 2.20. The molecule has 0 spiro atoms. The minimum Gasteiger partial charge on any atom is -0.448 e. The first kappa shape index (κ1) is 13.9. The molecule has 0 radical (unpaired) electrons. The molecule has 108 valence electrons. The van der Waals surface area contributed by atoms with Crippen molar-refractivity contribution in [2.75, 3.05) is 18.0 Å². The van der Waals surface area contributed by atoms with E-state index in [9.17, 15) is 10.1 Å². The van der Waals surface area contributed by atoms with Gasteiger partial charge in [0.15, 0.2) is 10.4 Å². The van der Waals surface area contributed by atoms with Crippen LogP contribution in [-0.4, -0.2) is 23.1 Å². The highest BCUT2D eigenvalue weighted by molar-refractivity contribution is 9.10. The average molecular weight is 349 g/mol. The zero-order valence-electron chi connectivity index (χ0n) is 11.2. The van der Waals surface area contributed by atoms with Crippen molar-refractivity contribution < 1.29 is 4.42 Å². The standard InChI is InChI=1S/C14H13BrN4O2/c15-11-5-4-10(21-11)12-9(8-16)13(20)18-14(17-12)19-6-2-1-3-7-19/h4-5H,1-3,6-7H2,(H,17,18,20). The molecule has 1 saturated heterocycles. The lowest BCUT2D eigenvalue weighted by Crippen LogP contribution is -2.33. The molecule has 0 atom stereocenters. The summed E-state index contributed by atoms with van der Waals surface area (Å²) in [6.45, 7) is 1.71. The molecule has 0 amide bonds. The maximum Gasteiger partial charge on any atom is 0.271 e. The fourth-order valence-electron chi connectivity index (χ4n) is 2.44. The van der Waals surface area contributed by atoms with Gasteiger partial charge in [0.1, 0.15) is 17.3 Å². The first-order valence-corrected chi connectivity index (χ1v) is 7.53. The van der Waals surface area contributed by atoms with Crippen LogP contribution in [0.1, 0.15) is 24.8 Å². The van der Waals surface area contributed by atoms with E-state index in [0.717, 1.165) is 25.9 Å². The number of nitrogens with one attached hydrogen (secondary N) is 1. The first-order valence-electron chi connectivity index (χ1n) is 6.74. The molecule has 0 bridgehead atoms. The third kappa shape index (κ3) is 2.72. The van der Waals surface area contributed by atoms with Crippen LogP contribution in [0.5, 0.6) is 0 Å². The molecule has 3 rings (SSSR count). The quantitative estimate of drug-likeness (QED) is 0.901. The van der Waals surface area contributed by atoms with Crippen LogP contribution in [-0.2, 0) is 0 Å². The van der Waals surface area contributed by atoms with Crippen LogP contribution >= 0.6 is 15.9 Å². The fraction of sp³-hybridized carbons (Fsp3) is 0.357. The van der Waals surface area contributed by atoms with Crippen LogP contribution in [0.2, 0.25) is 0 Å².